The van der Waals surface area contributed by atoms with E-state index in [4.69, 9.17) is 0 Å². The van der Waals surface area contributed by atoms with Crippen LogP contribution in [0, 0.1) is 5.92 Å². The highest BCUT2D eigenvalue weighted by Crippen LogP contribution is 2.30. The van der Waals surface area contributed by atoms with Crippen molar-refractivity contribution >= 4 is 0 Å². The zero-order chi connectivity index (χ0) is 13.1. The van der Waals surface area contributed by atoms with E-state index in [1.54, 1.807) is 0 Å². The molecule has 1 aromatic rings. The molecule has 1 fully saturated rings. The van der Waals surface area contributed by atoms with Crippen LogP contribution in [0.5, 0.6) is 0 Å². The molecule has 0 radical (unpaired) electrons. The first-order chi connectivity index (χ1) is 8.59. The van der Waals surface area contributed by atoms with Crippen LogP contribution in [0.1, 0.15) is 24.9 Å². The smallest absolute Gasteiger partial charge is 0.264 e. The van der Waals surface area contributed by atoms with Crippen LogP contribution in [-0.4, -0.2) is 35.6 Å². The Bertz CT molecular complexity index is 371. The highest BCUT2D eigenvalue weighted by molar-refractivity contribution is 5.18. The number of hydrogen-bond acceptors (Lipinski definition) is 2. The monoisotopic (exact) mass is 255 g/mol. The molecule has 0 amide bonds. The number of alkyl halides is 2. The van der Waals surface area contributed by atoms with E-state index in [1.165, 1.54) is 5.56 Å². The van der Waals surface area contributed by atoms with Gasteiger partial charge in [0.2, 0.25) is 0 Å². The standard InChI is InChI=1S/C14H19F2NO/c1-10(11-5-3-2-4-6-11)17-8-7-12(9-17)13(18)14(15)16/h2-6,10,12-14,18H,7-9H2,1H3/t10-,12-,13+/m1/s1. The number of aliphatic hydroxyl groups excluding tert-OH is 1. The molecule has 0 aromatic heterocycles. The predicted molar refractivity (Wildman–Crippen MR) is 66.5 cm³/mol. The first-order valence-corrected chi connectivity index (χ1v) is 6.35. The van der Waals surface area contributed by atoms with Crippen molar-refractivity contribution in [1.82, 2.24) is 4.90 Å². The van der Waals surface area contributed by atoms with Crippen LogP contribution < -0.4 is 0 Å². The van der Waals surface area contributed by atoms with E-state index < -0.39 is 12.5 Å². The van der Waals surface area contributed by atoms with Gasteiger partial charge in [-0.2, -0.15) is 0 Å². The molecule has 2 rings (SSSR count). The Balaban J connectivity index is 1.97. The third kappa shape index (κ3) is 2.87. The van der Waals surface area contributed by atoms with Gasteiger partial charge in [0.05, 0.1) is 0 Å². The maximum Gasteiger partial charge on any atom is 0.264 e. The molecule has 1 saturated heterocycles. The maximum absolute atomic E-state index is 12.5. The fourth-order valence-corrected chi connectivity index (χ4v) is 2.59. The highest BCUT2D eigenvalue weighted by atomic mass is 19.3. The van der Waals surface area contributed by atoms with Crippen molar-refractivity contribution in [1.29, 1.82) is 0 Å². The van der Waals surface area contributed by atoms with Crippen molar-refractivity contribution in [3.05, 3.63) is 35.9 Å². The lowest BCUT2D eigenvalue weighted by Gasteiger charge is -2.25. The summed E-state index contributed by atoms with van der Waals surface area (Å²) < 4.78 is 24.9. The average molecular weight is 255 g/mol. The Hall–Kier alpha value is -1.00. The van der Waals surface area contributed by atoms with Crippen LogP contribution in [0.4, 0.5) is 8.78 Å². The molecule has 3 atom stereocenters. The molecular weight excluding hydrogens is 236 g/mol. The Morgan fingerprint density at radius 2 is 1.94 bits per heavy atom. The zero-order valence-corrected chi connectivity index (χ0v) is 10.5. The highest BCUT2D eigenvalue weighted by Gasteiger charge is 2.35. The second-order valence-electron chi connectivity index (χ2n) is 4.96. The molecule has 1 heterocycles. The molecule has 1 aliphatic rings. The second kappa shape index (κ2) is 5.76. The summed E-state index contributed by atoms with van der Waals surface area (Å²) in [5.74, 6) is -0.309. The molecule has 0 saturated carbocycles. The SMILES string of the molecule is C[C@H](c1ccccc1)N1CC[C@@H]([C@H](O)C(F)F)C1. The lowest BCUT2D eigenvalue weighted by atomic mass is 10.0. The van der Waals surface area contributed by atoms with Gasteiger partial charge in [-0.3, -0.25) is 4.90 Å². The second-order valence-corrected chi connectivity index (χ2v) is 4.96. The number of nitrogens with zero attached hydrogens (tertiary/aromatic N) is 1. The van der Waals surface area contributed by atoms with Crippen LogP contribution >= 0.6 is 0 Å². The molecule has 4 heteroatoms. The number of likely N-dealkylation sites (tertiary alicyclic amines) is 1. The van der Waals surface area contributed by atoms with Crippen molar-refractivity contribution in [2.45, 2.75) is 31.9 Å². The largest absolute Gasteiger partial charge is 0.387 e. The van der Waals surface area contributed by atoms with E-state index in [9.17, 15) is 13.9 Å². The summed E-state index contributed by atoms with van der Waals surface area (Å²) in [6.45, 7) is 3.39. The fraction of sp³-hybridized carbons (Fsp3) is 0.571. The molecule has 0 bridgehead atoms. The molecule has 0 aliphatic carbocycles. The minimum Gasteiger partial charge on any atom is -0.387 e. The summed E-state index contributed by atoms with van der Waals surface area (Å²) in [6, 6.07) is 10.2. The minimum atomic E-state index is -2.64. The van der Waals surface area contributed by atoms with Gasteiger partial charge in [0.25, 0.3) is 6.43 Å². The molecular formula is C14H19F2NO. The van der Waals surface area contributed by atoms with Gasteiger partial charge in [-0.05, 0) is 25.5 Å². The van der Waals surface area contributed by atoms with Gasteiger partial charge >= 0.3 is 0 Å². The normalized spacial score (nSPS) is 24.4. The maximum atomic E-state index is 12.5. The average Bonchev–Trinajstić information content (AvgIpc) is 2.87. The molecule has 1 aromatic carbocycles. The topological polar surface area (TPSA) is 23.5 Å². The van der Waals surface area contributed by atoms with Gasteiger partial charge < -0.3 is 5.11 Å². The molecule has 18 heavy (non-hydrogen) atoms. The van der Waals surface area contributed by atoms with E-state index in [1.807, 2.05) is 30.3 Å². The summed E-state index contributed by atoms with van der Waals surface area (Å²) in [6.07, 6.45) is -3.48. The van der Waals surface area contributed by atoms with Crippen molar-refractivity contribution < 1.29 is 13.9 Å². The summed E-state index contributed by atoms with van der Waals surface area (Å²) in [7, 11) is 0. The lowest BCUT2D eigenvalue weighted by Crippen LogP contribution is -2.31. The Labute approximate surface area is 106 Å². The molecule has 100 valence electrons. The Morgan fingerprint density at radius 1 is 1.28 bits per heavy atom. The first kappa shape index (κ1) is 13.4. The van der Waals surface area contributed by atoms with Gasteiger partial charge in [-0.25, -0.2) is 8.78 Å². The zero-order valence-electron chi connectivity index (χ0n) is 10.5. The van der Waals surface area contributed by atoms with Gasteiger partial charge in [0.15, 0.2) is 0 Å². The van der Waals surface area contributed by atoms with Crippen molar-refractivity contribution in [3.8, 4) is 0 Å². The van der Waals surface area contributed by atoms with Crippen molar-refractivity contribution in [2.75, 3.05) is 13.1 Å². The van der Waals surface area contributed by atoms with Gasteiger partial charge in [-0.1, -0.05) is 30.3 Å². The third-order valence-electron chi connectivity index (χ3n) is 3.83. The van der Waals surface area contributed by atoms with E-state index in [-0.39, 0.29) is 12.0 Å². The quantitative estimate of drug-likeness (QED) is 0.894. The van der Waals surface area contributed by atoms with Gasteiger partial charge in [0.1, 0.15) is 6.10 Å². The summed E-state index contributed by atoms with van der Waals surface area (Å²) in [5.41, 5.74) is 1.18. The summed E-state index contributed by atoms with van der Waals surface area (Å²) in [5, 5.41) is 9.42. The van der Waals surface area contributed by atoms with Gasteiger partial charge in [0, 0.05) is 18.5 Å². The molecule has 2 nitrogen and oxygen atoms in total. The number of hydrogen-bond donors (Lipinski definition) is 1. The fourth-order valence-electron chi connectivity index (χ4n) is 2.59. The van der Waals surface area contributed by atoms with Crippen LogP contribution in [-0.2, 0) is 0 Å². The van der Waals surface area contributed by atoms with Crippen LogP contribution in [0.3, 0.4) is 0 Å². The minimum absolute atomic E-state index is 0.209. The number of aliphatic hydroxyl groups is 1. The van der Waals surface area contributed by atoms with Crippen LogP contribution in [0.2, 0.25) is 0 Å². The summed E-state index contributed by atoms with van der Waals surface area (Å²) in [4.78, 5) is 2.16. The van der Waals surface area contributed by atoms with E-state index >= 15 is 0 Å². The van der Waals surface area contributed by atoms with Crippen molar-refractivity contribution in [2.24, 2.45) is 5.92 Å². The predicted octanol–water partition coefficient (Wildman–Crippen LogP) is 2.70. The number of benzene rings is 1. The third-order valence-corrected chi connectivity index (χ3v) is 3.83. The van der Waals surface area contributed by atoms with E-state index in [2.05, 4.69) is 11.8 Å². The van der Waals surface area contributed by atoms with E-state index in [0.717, 1.165) is 6.54 Å². The first-order valence-electron chi connectivity index (χ1n) is 6.35. The number of halogens is 2. The molecule has 1 aliphatic heterocycles. The molecule has 0 unspecified atom stereocenters. The molecule has 1 N–H and O–H groups in total. The molecule has 0 spiro atoms. The van der Waals surface area contributed by atoms with Gasteiger partial charge in [-0.15, -0.1) is 0 Å². The summed E-state index contributed by atoms with van der Waals surface area (Å²) >= 11 is 0. The number of rotatable bonds is 4. The Kier molecular flexibility index (Phi) is 4.30. The Morgan fingerprint density at radius 3 is 2.56 bits per heavy atom. The van der Waals surface area contributed by atoms with Crippen LogP contribution in [0.25, 0.3) is 0 Å². The lowest BCUT2D eigenvalue weighted by molar-refractivity contribution is -0.0367. The van der Waals surface area contributed by atoms with Crippen LogP contribution in [0.15, 0.2) is 30.3 Å². The van der Waals surface area contributed by atoms with Crippen molar-refractivity contribution in [3.63, 3.8) is 0 Å². The van der Waals surface area contributed by atoms with E-state index in [0.29, 0.717) is 13.0 Å².